The largest absolute Gasteiger partial charge is 0.464 e. The minimum atomic E-state index is 0.199. The molecule has 0 radical (unpaired) electrons. The van der Waals surface area contributed by atoms with Gasteiger partial charge in [0.05, 0.1) is 13.2 Å². The van der Waals surface area contributed by atoms with E-state index in [-0.39, 0.29) is 23.4 Å². The molecule has 7 heteroatoms. The van der Waals surface area contributed by atoms with E-state index in [9.17, 15) is 0 Å². The highest BCUT2D eigenvalue weighted by atomic mass is 16.5. The van der Waals surface area contributed by atoms with Gasteiger partial charge in [-0.25, -0.2) is 5.84 Å². The maximum atomic E-state index is 5.47. The lowest BCUT2D eigenvalue weighted by molar-refractivity contribution is 0.223. The van der Waals surface area contributed by atoms with Crippen LogP contribution in [-0.4, -0.2) is 28.2 Å². The third kappa shape index (κ3) is 5.13. The van der Waals surface area contributed by atoms with E-state index in [1.165, 1.54) is 0 Å². The lowest BCUT2D eigenvalue weighted by Gasteiger charge is -2.17. The first-order valence-corrected chi connectivity index (χ1v) is 5.93. The van der Waals surface area contributed by atoms with Crippen LogP contribution in [0.1, 0.15) is 34.1 Å². The molecule has 1 rings (SSSR count). The minimum Gasteiger partial charge on any atom is -0.464 e. The summed E-state index contributed by atoms with van der Waals surface area (Å²) in [7, 11) is 0. The molecular formula is C11H21N5O2. The van der Waals surface area contributed by atoms with Crippen molar-refractivity contribution in [3.8, 4) is 12.0 Å². The second kappa shape index (κ2) is 6.34. The molecule has 0 unspecified atom stereocenters. The fourth-order valence-corrected chi connectivity index (χ4v) is 1.11. The molecule has 0 saturated heterocycles. The van der Waals surface area contributed by atoms with Gasteiger partial charge in [-0.15, -0.1) is 4.98 Å². The van der Waals surface area contributed by atoms with Gasteiger partial charge in [-0.05, 0) is 18.8 Å². The van der Waals surface area contributed by atoms with Gasteiger partial charge >= 0.3 is 12.0 Å². The topological polar surface area (TPSA) is 95.2 Å². The summed E-state index contributed by atoms with van der Waals surface area (Å²) < 4.78 is 10.7. The highest BCUT2D eigenvalue weighted by Gasteiger charge is 2.12. The second-order valence-electron chi connectivity index (χ2n) is 4.96. The Morgan fingerprint density at radius 3 is 2.22 bits per heavy atom. The van der Waals surface area contributed by atoms with Crippen molar-refractivity contribution in [1.82, 2.24) is 15.0 Å². The molecule has 0 atom stereocenters. The molecule has 18 heavy (non-hydrogen) atoms. The maximum Gasteiger partial charge on any atom is 0.324 e. The average Bonchev–Trinajstić information content (AvgIpc) is 2.27. The zero-order valence-electron chi connectivity index (χ0n) is 11.4. The van der Waals surface area contributed by atoms with Crippen molar-refractivity contribution in [2.75, 3.05) is 18.6 Å². The molecule has 0 aliphatic heterocycles. The van der Waals surface area contributed by atoms with Crippen molar-refractivity contribution >= 4 is 5.95 Å². The average molecular weight is 255 g/mol. The Kier molecular flexibility index (Phi) is 5.08. The Morgan fingerprint density at radius 1 is 1.11 bits per heavy atom. The molecule has 0 bridgehead atoms. The number of nitrogen functional groups attached to an aromatic ring is 1. The Labute approximate surface area is 107 Å². The summed E-state index contributed by atoms with van der Waals surface area (Å²) in [5.41, 5.74) is 2.55. The smallest absolute Gasteiger partial charge is 0.324 e. The SMILES string of the molecule is CCOc1nc(NN)nc(OCCC(C)(C)C)n1. The number of anilines is 1. The van der Waals surface area contributed by atoms with Gasteiger partial charge in [0.1, 0.15) is 0 Å². The summed E-state index contributed by atoms with van der Waals surface area (Å²) >= 11 is 0. The lowest BCUT2D eigenvalue weighted by Crippen LogP contribution is -2.15. The van der Waals surface area contributed by atoms with Gasteiger partial charge in [-0.1, -0.05) is 20.8 Å². The molecule has 1 aromatic heterocycles. The normalized spacial score (nSPS) is 11.2. The van der Waals surface area contributed by atoms with Crippen LogP contribution in [0, 0.1) is 5.41 Å². The molecule has 0 amide bonds. The summed E-state index contributed by atoms with van der Waals surface area (Å²) in [4.78, 5) is 12.0. The van der Waals surface area contributed by atoms with Crippen molar-refractivity contribution in [2.24, 2.45) is 11.3 Å². The molecule has 102 valence electrons. The van der Waals surface area contributed by atoms with E-state index in [0.29, 0.717) is 13.2 Å². The molecule has 3 N–H and O–H groups in total. The van der Waals surface area contributed by atoms with Crippen LogP contribution in [0.5, 0.6) is 12.0 Å². The van der Waals surface area contributed by atoms with Crippen LogP contribution in [0.25, 0.3) is 0 Å². The predicted molar refractivity (Wildman–Crippen MR) is 68.4 cm³/mol. The van der Waals surface area contributed by atoms with E-state index < -0.39 is 0 Å². The molecule has 0 fully saturated rings. The third-order valence-electron chi connectivity index (χ3n) is 2.08. The van der Waals surface area contributed by atoms with Gasteiger partial charge in [0.15, 0.2) is 0 Å². The van der Waals surface area contributed by atoms with Crippen LogP contribution in [0.15, 0.2) is 0 Å². The lowest BCUT2D eigenvalue weighted by atomic mass is 9.93. The maximum absolute atomic E-state index is 5.47. The van der Waals surface area contributed by atoms with Crippen molar-refractivity contribution in [3.05, 3.63) is 0 Å². The monoisotopic (exact) mass is 255 g/mol. The molecule has 0 aliphatic rings. The molecule has 7 nitrogen and oxygen atoms in total. The first kappa shape index (κ1) is 14.4. The number of hydrogen-bond donors (Lipinski definition) is 2. The van der Waals surface area contributed by atoms with E-state index in [1.54, 1.807) is 0 Å². The van der Waals surface area contributed by atoms with Gasteiger partial charge in [-0.2, -0.15) is 9.97 Å². The quantitative estimate of drug-likeness (QED) is 0.585. The summed E-state index contributed by atoms with van der Waals surface area (Å²) in [6.07, 6.45) is 0.897. The van der Waals surface area contributed by atoms with E-state index >= 15 is 0 Å². The number of aromatic nitrogens is 3. The molecular weight excluding hydrogens is 234 g/mol. The zero-order valence-corrected chi connectivity index (χ0v) is 11.4. The Balaban J connectivity index is 2.66. The highest BCUT2D eigenvalue weighted by Crippen LogP contribution is 2.19. The van der Waals surface area contributed by atoms with Gasteiger partial charge in [0.25, 0.3) is 0 Å². The highest BCUT2D eigenvalue weighted by molar-refractivity contribution is 5.25. The first-order chi connectivity index (χ1) is 8.44. The van der Waals surface area contributed by atoms with E-state index in [1.807, 2.05) is 6.92 Å². The Morgan fingerprint density at radius 2 is 1.72 bits per heavy atom. The van der Waals surface area contributed by atoms with Gasteiger partial charge < -0.3 is 9.47 Å². The zero-order chi connectivity index (χ0) is 13.6. The van der Waals surface area contributed by atoms with Crippen LogP contribution in [0.2, 0.25) is 0 Å². The summed E-state index contributed by atoms with van der Waals surface area (Å²) in [5.74, 6) is 5.49. The number of nitrogens with zero attached hydrogens (tertiary/aromatic N) is 3. The van der Waals surface area contributed by atoms with E-state index in [0.717, 1.165) is 6.42 Å². The molecule has 0 spiro atoms. The number of ether oxygens (including phenoxy) is 2. The molecule has 1 heterocycles. The molecule has 0 aliphatic carbocycles. The van der Waals surface area contributed by atoms with Crippen molar-refractivity contribution < 1.29 is 9.47 Å². The van der Waals surface area contributed by atoms with Crippen LogP contribution >= 0.6 is 0 Å². The standard InChI is InChI=1S/C11H21N5O2/c1-5-17-9-13-8(16-12)14-10(15-9)18-7-6-11(2,3)4/h5-7,12H2,1-4H3,(H,13,14,15,16). The summed E-state index contributed by atoms with van der Waals surface area (Å²) in [5, 5.41) is 0. The predicted octanol–water partition coefficient (Wildman–Crippen LogP) is 1.37. The Bertz CT molecular complexity index is 378. The van der Waals surface area contributed by atoms with Crippen LogP contribution in [0.3, 0.4) is 0 Å². The van der Waals surface area contributed by atoms with Crippen LogP contribution in [-0.2, 0) is 0 Å². The van der Waals surface area contributed by atoms with Gasteiger partial charge in [0, 0.05) is 0 Å². The Hall–Kier alpha value is -1.63. The number of hydrazine groups is 1. The number of nitrogens with two attached hydrogens (primary N) is 1. The van der Waals surface area contributed by atoms with Crippen molar-refractivity contribution in [1.29, 1.82) is 0 Å². The first-order valence-electron chi connectivity index (χ1n) is 5.93. The second-order valence-corrected chi connectivity index (χ2v) is 4.96. The van der Waals surface area contributed by atoms with Crippen LogP contribution in [0.4, 0.5) is 5.95 Å². The van der Waals surface area contributed by atoms with Gasteiger partial charge in [0.2, 0.25) is 5.95 Å². The van der Waals surface area contributed by atoms with Gasteiger partial charge in [-0.3, -0.25) is 5.43 Å². The van der Waals surface area contributed by atoms with Crippen LogP contribution < -0.4 is 20.7 Å². The molecule has 0 saturated carbocycles. The number of rotatable bonds is 6. The van der Waals surface area contributed by atoms with Crippen molar-refractivity contribution in [2.45, 2.75) is 34.1 Å². The number of nitrogens with one attached hydrogen (secondary N) is 1. The molecule has 1 aromatic rings. The van der Waals surface area contributed by atoms with Crippen molar-refractivity contribution in [3.63, 3.8) is 0 Å². The summed E-state index contributed by atoms with van der Waals surface area (Å²) in [6, 6.07) is 0.414. The van der Waals surface area contributed by atoms with E-state index in [2.05, 4.69) is 41.1 Å². The molecule has 0 aromatic carbocycles. The minimum absolute atomic E-state index is 0.199. The fourth-order valence-electron chi connectivity index (χ4n) is 1.11. The number of hydrogen-bond acceptors (Lipinski definition) is 7. The third-order valence-corrected chi connectivity index (χ3v) is 2.08. The summed E-state index contributed by atoms with van der Waals surface area (Å²) in [6.45, 7) is 9.27. The van der Waals surface area contributed by atoms with E-state index in [4.69, 9.17) is 15.3 Å². The fraction of sp³-hybridized carbons (Fsp3) is 0.727.